The third-order valence-corrected chi connectivity index (χ3v) is 2.93. The van der Waals surface area contributed by atoms with Gasteiger partial charge in [0, 0.05) is 5.57 Å². The molecule has 0 saturated heterocycles. The lowest BCUT2D eigenvalue weighted by Crippen LogP contribution is -2.08. The highest BCUT2D eigenvalue weighted by Crippen LogP contribution is 2.10. The molecule has 0 aliphatic rings. The van der Waals surface area contributed by atoms with Crippen molar-refractivity contribution in [3.05, 3.63) is 34.5 Å². The van der Waals surface area contributed by atoms with Crippen LogP contribution < -0.4 is 0 Å². The first-order valence-corrected chi connectivity index (χ1v) is 6.52. The fourth-order valence-corrected chi connectivity index (χ4v) is 1.74. The van der Waals surface area contributed by atoms with E-state index in [1.54, 1.807) is 19.1 Å². The normalized spacial score (nSPS) is 9.83. The summed E-state index contributed by atoms with van der Waals surface area (Å²) in [6, 6.07) is 3.53. The van der Waals surface area contributed by atoms with Crippen LogP contribution in [0.3, 0.4) is 0 Å². The summed E-state index contributed by atoms with van der Waals surface area (Å²) >= 11 is 1.35. The maximum Gasteiger partial charge on any atom is 0.348 e. The van der Waals surface area contributed by atoms with Gasteiger partial charge in [0.15, 0.2) is 0 Å². The largest absolute Gasteiger partial charge is 0.462 e. The molecule has 98 valence electrons. The van der Waals surface area contributed by atoms with Crippen LogP contribution in [-0.4, -0.2) is 25.2 Å². The SMILES string of the molecule is C=C(C)C(=O)OCCCCOC(=O)c1cccs1. The van der Waals surface area contributed by atoms with Crippen LogP contribution in [-0.2, 0) is 14.3 Å². The van der Waals surface area contributed by atoms with Crippen LogP contribution in [0.25, 0.3) is 0 Å². The van der Waals surface area contributed by atoms with Crippen LogP contribution in [0.5, 0.6) is 0 Å². The minimum Gasteiger partial charge on any atom is -0.462 e. The van der Waals surface area contributed by atoms with Crippen molar-refractivity contribution in [1.29, 1.82) is 0 Å². The van der Waals surface area contributed by atoms with Gasteiger partial charge in [0.2, 0.25) is 0 Å². The number of carbonyl (C=O) groups is 2. The molecule has 5 heteroatoms. The number of unbranched alkanes of at least 4 members (excludes halogenated alkanes) is 1. The smallest absolute Gasteiger partial charge is 0.348 e. The molecule has 1 rings (SSSR count). The number of carbonyl (C=O) groups excluding carboxylic acids is 2. The Kier molecular flexibility index (Phi) is 6.14. The average molecular weight is 268 g/mol. The molecule has 4 nitrogen and oxygen atoms in total. The maximum atomic E-state index is 11.4. The molecule has 1 aromatic rings. The highest BCUT2D eigenvalue weighted by molar-refractivity contribution is 7.11. The first-order valence-electron chi connectivity index (χ1n) is 5.64. The number of esters is 2. The lowest BCUT2D eigenvalue weighted by molar-refractivity contribution is -0.139. The molecule has 0 radical (unpaired) electrons. The zero-order valence-corrected chi connectivity index (χ0v) is 11.1. The number of ether oxygens (including phenoxy) is 2. The minimum atomic E-state index is -0.384. The van der Waals surface area contributed by atoms with Gasteiger partial charge in [0.05, 0.1) is 13.2 Å². The van der Waals surface area contributed by atoms with Crippen molar-refractivity contribution in [1.82, 2.24) is 0 Å². The molecule has 0 aliphatic carbocycles. The Balaban J connectivity index is 2.04. The van der Waals surface area contributed by atoms with E-state index in [-0.39, 0.29) is 11.9 Å². The van der Waals surface area contributed by atoms with E-state index < -0.39 is 0 Å². The number of hydrogen-bond donors (Lipinski definition) is 0. The van der Waals surface area contributed by atoms with Gasteiger partial charge in [0.1, 0.15) is 4.88 Å². The summed E-state index contributed by atoms with van der Waals surface area (Å²) < 4.78 is 9.96. The Morgan fingerprint density at radius 3 is 2.50 bits per heavy atom. The highest BCUT2D eigenvalue weighted by atomic mass is 32.1. The van der Waals surface area contributed by atoms with Crippen LogP contribution in [0.1, 0.15) is 29.4 Å². The van der Waals surface area contributed by atoms with E-state index >= 15 is 0 Å². The summed E-state index contributed by atoms with van der Waals surface area (Å²) in [6.45, 7) is 5.74. The number of thiophene rings is 1. The first-order chi connectivity index (χ1) is 8.61. The van der Waals surface area contributed by atoms with E-state index in [1.807, 2.05) is 5.38 Å². The van der Waals surface area contributed by atoms with Crippen LogP contribution in [0.4, 0.5) is 0 Å². The van der Waals surface area contributed by atoms with E-state index in [4.69, 9.17) is 9.47 Å². The van der Waals surface area contributed by atoms with Crippen molar-refractivity contribution < 1.29 is 19.1 Å². The molecular formula is C13H16O4S. The first kappa shape index (κ1) is 14.4. The Bertz CT molecular complexity index is 409. The van der Waals surface area contributed by atoms with Crippen molar-refractivity contribution in [2.45, 2.75) is 19.8 Å². The Labute approximate surface area is 110 Å². The zero-order valence-electron chi connectivity index (χ0n) is 10.3. The average Bonchev–Trinajstić information content (AvgIpc) is 2.86. The van der Waals surface area contributed by atoms with Gasteiger partial charge in [0.25, 0.3) is 0 Å². The van der Waals surface area contributed by atoms with E-state index in [2.05, 4.69) is 6.58 Å². The second kappa shape index (κ2) is 7.66. The van der Waals surface area contributed by atoms with Crippen LogP contribution >= 0.6 is 11.3 Å². The molecule has 0 aliphatic heterocycles. The fraction of sp³-hybridized carbons (Fsp3) is 0.385. The Hall–Kier alpha value is -1.62. The summed E-state index contributed by atoms with van der Waals surface area (Å²) in [6.07, 6.45) is 1.33. The summed E-state index contributed by atoms with van der Waals surface area (Å²) in [4.78, 5) is 23.1. The monoisotopic (exact) mass is 268 g/mol. The fourth-order valence-electron chi connectivity index (χ4n) is 1.12. The molecule has 18 heavy (non-hydrogen) atoms. The quantitative estimate of drug-likeness (QED) is 0.433. The molecule has 0 unspecified atom stereocenters. The number of hydrogen-bond acceptors (Lipinski definition) is 5. The van der Waals surface area contributed by atoms with E-state index in [9.17, 15) is 9.59 Å². The molecule has 0 amide bonds. The molecule has 0 N–H and O–H groups in total. The van der Waals surface area contributed by atoms with Gasteiger partial charge in [-0.2, -0.15) is 0 Å². The predicted molar refractivity (Wildman–Crippen MR) is 69.6 cm³/mol. The van der Waals surface area contributed by atoms with Gasteiger partial charge in [-0.3, -0.25) is 0 Å². The second-order valence-corrected chi connectivity index (χ2v) is 4.68. The van der Waals surface area contributed by atoms with Gasteiger partial charge in [-0.25, -0.2) is 9.59 Å². The van der Waals surface area contributed by atoms with Gasteiger partial charge in [-0.15, -0.1) is 11.3 Å². The molecule has 0 aromatic carbocycles. The van der Waals surface area contributed by atoms with Crippen molar-refractivity contribution >= 4 is 23.3 Å². The molecule has 0 spiro atoms. The Morgan fingerprint density at radius 1 is 1.28 bits per heavy atom. The van der Waals surface area contributed by atoms with Gasteiger partial charge in [-0.1, -0.05) is 12.6 Å². The molecule has 0 atom stereocenters. The third-order valence-electron chi connectivity index (χ3n) is 2.08. The van der Waals surface area contributed by atoms with E-state index in [0.717, 1.165) is 0 Å². The van der Waals surface area contributed by atoms with Crippen LogP contribution in [0.2, 0.25) is 0 Å². The second-order valence-electron chi connectivity index (χ2n) is 3.74. The predicted octanol–water partition coefficient (Wildman–Crippen LogP) is 2.80. The van der Waals surface area contributed by atoms with Crippen LogP contribution in [0, 0.1) is 0 Å². The van der Waals surface area contributed by atoms with E-state index in [0.29, 0.717) is 36.5 Å². The zero-order chi connectivity index (χ0) is 13.4. The lowest BCUT2D eigenvalue weighted by atomic mass is 10.3. The highest BCUT2D eigenvalue weighted by Gasteiger charge is 2.07. The third kappa shape index (κ3) is 5.14. The minimum absolute atomic E-state index is 0.302. The van der Waals surface area contributed by atoms with Gasteiger partial charge in [-0.05, 0) is 31.2 Å². The van der Waals surface area contributed by atoms with Crippen LogP contribution in [0.15, 0.2) is 29.7 Å². The lowest BCUT2D eigenvalue weighted by Gasteiger charge is -2.05. The molecule has 0 saturated carbocycles. The standard InChI is InChI=1S/C13H16O4S/c1-10(2)12(14)16-7-3-4-8-17-13(15)11-6-5-9-18-11/h5-6,9H,1,3-4,7-8H2,2H3. The Morgan fingerprint density at radius 2 is 1.94 bits per heavy atom. The topological polar surface area (TPSA) is 52.6 Å². The van der Waals surface area contributed by atoms with Gasteiger partial charge < -0.3 is 9.47 Å². The summed E-state index contributed by atoms with van der Waals surface area (Å²) in [5, 5.41) is 1.83. The summed E-state index contributed by atoms with van der Waals surface area (Å²) in [5.74, 6) is -0.686. The van der Waals surface area contributed by atoms with Crippen molar-refractivity contribution in [2.75, 3.05) is 13.2 Å². The molecule has 0 bridgehead atoms. The number of rotatable bonds is 7. The van der Waals surface area contributed by atoms with E-state index in [1.165, 1.54) is 11.3 Å². The van der Waals surface area contributed by atoms with Crippen molar-refractivity contribution in [2.24, 2.45) is 0 Å². The van der Waals surface area contributed by atoms with Crippen molar-refractivity contribution in [3.63, 3.8) is 0 Å². The summed E-state index contributed by atoms with van der Waals surface area (Å²) in [5.41, 5.74) is 0.388. The molecular weight excluding hydrogens is 252 g/mol. The maximum absolute atomic E-state index is 11.4. The molecule has 0 fully saturated rings. The summed E-state index contributed by atoms with van der Waals surface area (Å²) in [7, 11) is 0. The van der Waals surface area contributed by atoms with Gasteiger partial charge >= 0.3 is 11.9 Å². The van der Waals surface area contributed by atoms with Crippen molar-refractivity contribution in [3.8, 4) is 0 Å². The molecule has 1 aromatic heterocycles. The molecule has 1 heterocycles.